The molecule has 0 spiro atoms. The monoisotopic (exact) mass is 276 g/mol. The maximum Gasteiger partial charge on any atom is 0.161 e. The van der Waals surface area contributed by atoms with Gasteiger partial charge in [-0.05, 0) is 31.5 Å². The van der Waals surface area contributed by atoms with Crippen molar-refractivity contribution in [3.63, 3.8) is 0 Å². The van der Waals surface area contributed by atoms with E-state index >= 15 is 0 Å². The van der Waals surface area contributed by atoms with Crippen molar-refractivity contribution in [2.45, 2.75) is 33.6 Å². The standard InChI is InChI=1S/C15H20N2O3/c1-3-17-8-7-16-15(17)11-20-13-6-5-12(10-18)9-14(13)19-4-2/h5-9,18H,3-4,10-11H2,1-2H3. The largest absolute Gasteiger partial charge is 0.490 e. The molecule has 5 heteroatoms. The van der Waals surface area contributed by atoms with Crippen molar-refractivity contribution in [2.75, 3.05) is 6.61 Å². The average molecular weight is 276 g/mol. The normalized spacial score (nSPS) is 10.6. The highest BCUT2D eigenvalue weighted by molar-refractivity contribution is 5.42. The molecule has 1 N–H and O–H groups in total. The number of aryl methyl sites for hydroxylation is 1. The number of benzene rings is 1. The summed E-state index contributed by atoms with van der Waals surface area (Å²) in [5.74, 6) is 2.18. The van der Waals surface area contributed by atoms with E-state index in [1.807, 2.05) is 29.8 Å². The van der Waals surface area contributed by atoms with Crippen LogP contribution in [0.3, 0.4) is 0 Å². The second-order valence-electron chi connectivity index (χ2n) is 4.29. The van der Waals surface area contributed by atoms with E-state index in [0.717, 1.165) is 17.9 Å². The van der Waals surface area contributed by atoms with Crippen molar-refractivity contribution in [1.82, 2.24) is 9.55 Å². The molecule has 2 aromatic rings. The van der Waals surface area contributed by atoms with Gasteiger partial charge in [0.05, 0.1) is 13.2 Å². The number of nitrogens with zero attached hydrogens (tertiary/aromatic N) is 2. The van der Waals surface area contributed by atoms with Crippen LogP contribution in [0.4, 0.5) is 0 Å². The highest BCUT2D eigenvalue weighted by atomic mass is 16.5. The second-order valence-corrected chi connectivity index (χ2v) is 4.29. The van der Waals surface area contributed by atoms with Crippen molar-refractivity contribution in [3.05, 3.63) is 42.0 Å². The Morgan fingerprint density at radius 3 is 2.75 bits per heavy atom. The lowest BCUT2D eigenvalue weighted by Crippen LogP contribution is -2.06. The zero-order valence-corrected chi connectivity index (χ0v) is 11.9. The fourth-order valence-electron chi connectivity index (χ4n) is 1.95. The number of aliphatic hydroxyl groups is 1. The number of rotatable bonds is 7. The highest BCUT2D eigenvalue weighted by Gasteiger charge is 2.08. The summed E-state index contributed by atoms with van der Waals surface area (Å²) in [5, 5.41) is 9.16. The zero-order chi connectivity index (χ0) is 14.4. The van der Waals surface area contributed by atoms with E-state index in [1.165, 1.54) is 0 Å². The smallest absolute Gasteiger partial charge is 0.161 e. The summed E-state index contributed by atoms with van der Waals surface area (Å²) in [6.45, 7) is 5.77. The van der Waals surface area contributed by atoms with E-state index in [-0.39, 0.29) is 6.61 Å². The number of hydrogen-bond acceptors (Lipinski definition) is 4. The van der Waals surface area contributed by atoms with Gasteiger partial charge in [-0.2, -0.15) is 0 Å². The number of aliphatic hydroxyl groups excluding tert-OH is 1. The minimum absolute atomic E-state index is 0.0133. The van der Waals surface area contributed by atoms with Crippen LogP contribution in [0.2, 0.25) is 0 Å². The third kappa shape index (κ3) is 3.30. The first kappa shape index (κ1) is 14.4. The Morgan fingerprint density at radius 2 is 2.05 bits per heavy atom. The van der Waals surface area contributed by atoms with Crippen LogP contribution in [-0.4, -0.2) is 21.3 Å². The van der Waals surface area contributed by atoms with E-state index in [0.29, 0.717) is 24.7 Å². The number of ether oxygens (including phenoxy) is 2. The molecular weight excluding hydrogens is 256 g/mol. The van der Waals surface area contributed by atoms with Gasteiger partial charge in [0.2, 0.25) is 0 Å². The van der Waals surface area contributed by atoms with Crippen molar-refractivity contribution >= 4 is 0 Å². The van der Waals surface area contributed by atoms with E-state index in [9.17, 15) is 0 Å². The van der Waals surface area contributed by atoms with Gasteiger partial charge in [0.25, 0.3) is 0 Å². The van der Waals surface area contributed by atoms with Crippen molar-refractivity contribution < 1.29 is 14.6 Å². The van der Waals surface area contributed by atoms with Crippen LogP contribution in [0.1, 0.15) is 25.2 Å². The fraction of sp³-hybridized carbons (Fsp3) is 0.400. The molecule has 1 aromatic heterocycles. The van der Waals surface area contributed by atoms with Gasteiger partial charge in [0, 0.05) is 18.9 Å². The lowest BCUT2D eigenvalue weighted by atomic mass is 10.2. The van der Waals surface area contributed by atoms with E-state index in [4.69, 9.17) is 14.6 Å². The Hall–Kier alpha value is -2.01. The number of imidazole rings is 1. The molecule has 0 saturated carbocycles. The predicted octanol–water partition coefficient (Wildman–Crippen LogP) is 2.37. The molecule has 0 radical (unpaired) electrons. The molecule has 1 heterocycles. The molecule has 108 valence electrons. The third-order valence-corrected chi connectivity index (χ3v) is 2.99. The molecule has 0 fully saturated rings. The first-order valence-corrected chi connectivity index (χ1v) is 6.77. The summed E-state index contributed by atoms with van der Waals surface area (Å²) < 4.78 is 13.4. The van der Waals surface area contributed by atoms with Gasteiger partial charge in [-0.1, -0.05) is 6.07 Å². The molecule has 0 aliphatic carbocycles. The lowest BCUT2D eigenvalue weighted by Gasteiger charge is -2.13. The molecule has 0 aliphatic heterocycles. The Kier molecular flexibility index (Phi) is 5.01. The van der Waals surface area contributed by atoms with Crippen LogP contribution in [0.15, 0.2) is 30.6 Å². The Labute approximate surface area is 118 Å². The first-order valence-electron chi connectivity index (χ1n) is 6.77. The van der Waals surface area contributed by atoms with Gasteiger partial charge in [-0.15, -0.1) is 0 Å². The van der Waals surface area contributed by atoms with Crippen LogP contribution >= 0.6 is 0 Å². The summed E-state index contributed by atoms with van der Waals surface area (Å²) in [4.78, 5) is 4.27. The van der Waals surface area contributed by atoms with Crippen LogP contribution in [-0.2, 0) is 19.8 Å². The molecule has 20 heavy (non-hydrogen) atoms. The van der Waals surface area contributed by atoms with Crippen LogP contribution < -0.4 is 9.47 Å². The van der Waals surface area contributed by atoms with Gasteiger partial charge in [0.15, 0.2) is 11.5 Å². The summed E-state index contributed by atoms with van der Waals surface area (Å²) >= 11 is 0. The molecule has 0 bridgehead atoms. The van der Waals surface area contributed by atoms with E-state index in [2.05, 4.69) is 11.9 Å². The van der Waals surface area contributed by atoms with Crippen LogP contribution in [0.5, 0.6) is 11.5 Å². The van der Waals surface area contributed by atoms with Crippen molar-refractivity contribution in [1.29, 1.82) is 0 Å². The van der Waals surface area contributed by atoms with Crippen molar-refractivity contribution in [2.24, 2.45) is 0 Å². The quantitative estimate of drug-likeness (QED) is 0.843. The first-order chi connectivity index (χ1) is 9.78. The van der Waals surface area contributed by atoms with Gasteiger partial charge in [-0.3, -0.25) is 0 Å². The van der Waals surface area contributed by atoms with E-state index in [1.54, 1.807) is 12.3 Å². The maximum absolute atomic E-state index is 9.16. The van der Waals surface area contributed by atoms with Gasteiger partial charge < -0.3 is 19.1 Å². The molecule has 0 unspecified atom stereocenters. The summed E-state index contributed by atoms with van der Waals surface area (Å²) in [6.07, 6.45) is 3.69. The molecule has 1 aromatic carbocycles. The highest BCUT2D eigenvalue weighted by Crippen LogP contribution is 2.29. The molecule has 0 amide bonds. The van der Waals surface area contributed by atoms with Crippen molar-refractivity contribution in [3.8, 4) is 11.5 Å². The molecule has 2 rings (SSSR count). The Morgan fingerprint density at radius 1 is 1.20 bits per heavy atom. The number of aromatic nitrogens is 2. The number of hydrogen-bond donors (Lipinski definition) is 1. The molecular formula is C15H20N2O3. The van der Waals surface area contributed by atoms with E-state index < -0.39 is 0 Å². The minimum atomic E-state index is -0.0133. The lowest BCUT2D eigenvalue weighted by molar-refractivity contribution is 0.256. The molecule has 0 atom stereocenters. The second kappa shape index (κ2) is 6.96. The van der Waals surface area contributed by atoms with Crippen LogP contribution in [0, 0.1) is 0 Å². The van der Waals surface area contributed by atoms with Gasteiger partial charge in [0.1, 0.15) is 12.4 Å². The minimum Gasteiger partial charge on any atom is -0.490 e. The topological polar surface area (TPSA) is 56.5 Å². The predicted molar refractivity (Wildman–Crippen MR) is 75.8 cm³/mol. The van der Waals surface area contributed by atoms with Gasteiger partial charge >= 0.3 is 0 Å². The summed E-state index contributed by atoms with van der Waals surface area (Å²) in [7, 11) is 0. The Balaban J connectivity index is 2.12. The third-order valence-electron chi connectivity index (χ3n) is 2.99. The maximum atomic E-state index is 9.16. The SMILES string of the molecule is CCOc1cc(CO)ccc1OCc1nccn1CC. The zero-order valence-electron chi connectivity index (χ0n) is 11.9. The van der Waals surface area contributed by atoms with Gasteiger partial charge in [-0.25, -0.2) is 4.98 Å². The molecule has 0 aliphatic rings. The Bertz CT molecular complexity index is 552. The van der Waals surface area contributed by atoms with Crippen LogP contribution in [0.25, 0.3) is 0 Å². The fourth-order valence-corrected chi connectivity index (χ4v) is 1.95. The molecule has 0 saturated heterocycles. The summed E-state index contributed by atoms with van der Waals surface area (Å²) in [6, 6.07) is 5.44. The molecule has 5 nitrogen and oxygen atoms in total. The summed E-state index contributed by atoms with van der Waals surface area (Å²) in [5.41, 5.74) is 0.802. The average Bonchev–Trinajstić information content (AvgIpc) is 2.93.